The van der Waals surface area contributed by atoms with Crippen LogP contribution in [0.4, 0.5) is 0 Å². The van der Waals surface area contributed by atoms with Crippen molar-refractivity contribution in [3.05, 3.63) is 0 Å². The monoisotopic (exact) mass is 181 g/mol. The quantitative estimate of drug-likeness (QED) is 0.481. The standard InChI is InChI=1S/C9H15N3O/c1-12-5-4-7(9(12)13)11-8(10)6-2-3-6/h6-7H,2-5H2,1H3,(H2,10,11). The Bertz CT molecular complexity index is 258. The predicted molar refractivity (Wildman–Crippen MR) is 50.4 cm³/mol. The summed E-state index contributed by atoms with van der Waals surface area (Å²) in [6.07, 6.45) is 3.11. The first kappa shape index (κ1) is 8.53. The molecule has 1 aliphatic carbocycles. The van der Waals surface area contributed by atoms with E-state index in [9.17, 15) is 4.79 Å². The van der Waals surface area contributed by atoms with Gasteiger partial charge in [0.1, 0.15) is 6.04 Å². The zero-order valence-corrected chi connectivity index (χ0v) is 7.86. The highest BCUT2D eigenvalue weighted by Crippen LogP contribution is 2.29. The molecule has 2 aliphatic rings. The molecule has 72 valence electrons. The minimum Gasteiger partial charge on any atom is -0.387 e. The van der Waals surface area contributed by atoms with E-state index in [2.05, 4.69) is 4.99 Å². The van der Waals surface area contributed by atoms with Gasteiger partial charge in [0, 0.05) is 19.5 Å². The van der Waals surface area contributed by atoms with Crippen LogP contribution in [0, 0.1) is 5.92 Å². The van der Waals surface area contributed by atoms with Crippen molar-refractivity contribution in [1.29, 1.82) is 0 Å². The van der Waals surface area contributed by atoms with Crippen LogP contribution in [0.15, 0.2) is 4.99 Å². The average Bonchev–Trinajstić information content (AvgIpc) is 2.89. The van der Waals surface area contributed by atoms with Crippen molar-refractivity contribution in [3.63, 3.8) is 0 Å². The zero-order chi connectivity index (χ0) is 9.42. The minimum atomic E-state index is -0.189. The summed E-state index contributed by atoms with van der Waals surface area (Å²) >= 11 is 0. The van der Waals surface area contributed by atoms with E-state index >= 15 is 0 Å². The third kappa shape index (κ3) is 1.66. The highest BCUT2D eigenvalue weighted by molar-refractivity contribution is 5.90. The summed E-state index contributed by atoms with van der Waals surface area (Å²) < 4.78 is 0. The van der Waals surface area contributed by atoms with E-state index < -0.39 is 0 Å². The first-order chi connectivity index (χ1) is 6.18. The van der Waals surface area contributed by atoms with Crippen LogP contribution in [0.2, 0.25) is 0 Å². The zero-order valence-electron chi connectivity index (χ0n) is 7.86. The summed E-state index contributed by atoms with van der Waals surface area (Å²) in [5.41, 5.74) is 5.75. The van der Waals surface area contributed by atoms with Gasteiger partial charge in [0.25, 0.3) is 0 Å². The fourth-order valence-electron chi connectivity index (χ4n) is 1.59. The molecule has 0 aromatic carbocycles. The first-order valence-electron chi connectivity index (χ1n) is 4.76. The Hall–Kier alpha value is -1.06. The Balaban J connectivity index is 2.01. The fraction of sp³-hybridized carbons (Fsp3) is 0.778. The third-order valence-electron chi connectivity index (χ3n) is 2.70. The number of rotatable bonds is 2. The van der Waals surface area contributed by atoms with Gasteiger partial charge in [-0.25, -0.2) is 0 Å². The van der Waals surface area contributed by atoms with Gasteiger partial charge in [-0.2, -0.15) is 0 Å². The van der Waals surface area contributed by atoms with Crippen molar-refractivity contribution >= 4 is 11.7 Å². The molecule has 4 nitrogen and oxygen atoms in total. The summed E-state index contributed by atoms with van der Waals surface area (Å²) in [5.74, 6) is 1.27. The van der Waals surface area contributed by atoms with Crippen LogP contribution in [0.5, 0.6) is 0 Å². The number of nitrogens with two attached hydrogens (primary N) is 1. The molecule has 1 saturated carbocycles. The molecule has 4 heteroatoms. The number of hydrogen-bond acceptors (Lipinski definition) is 2. The Morgan fingerprint density at radius 3 is 2.69 bits per heavy atom. The van der Waals surface area contributed by atoms with E-state index in [0.29, 0.717) is 11.8 Å². The van der Waals surface area contributed by atoms with Gasteiger partial charge < -0.3 is 10.6 Å². The SMILES string of the molecule is CN1CCC(N=C(N)C2CC2)C1=O. The van der Waals surface area contributed by atoms with Crippen LogP contribution in [0.25, 0.3) is 0 Å². The molecule has 1 heterocycles. The van der Waals surface area contributed by atoms with Gasteiger partial charge in [-0.3, -0.25) is 9.79 Å². The summed E-state index contributed by atoms with van der Waals surface area (Å²) in [4.78, 5) is 17.4. The van der Waals surface area contributed by atoms with E-state index in [-0.39, 0.29) is 11.9 Å². The Morgan fingerprint density at radius 1 is 1.54 bits per heavy atom. The van der Waals surface area contributed by atoms with Gasteiger partial charge in [0.2, 0.25) is 5.91 Å². The van der Waals surface area contributed by atoms with Crippen LogP contribution in [-0.4, -0.2) is 36.3 Å². The van der Waals surface area contributed by atoms with E-state index in [0.717, 1.165) is 25.8 Å². The second kappa shape index (κ2) is 3.01. The fourth-order valence-corrected chi connectivity index (χ4v) is 1.59. The van der Waals surface area contributed by atoms with E-state index in [1.54, 1.807) is 4.90 Å². The molecule has 2 fully saturated rings. The van der Waals surface area contributed by atoms with Crippen molar-refractivity contribution < 1.29 is 4.79 Å². The lowest BCUT2D eigenvalue weighted by Gasteiger charge is -2.07. The maximum atomic E-state index is 11.4. The van der Waals surface area contributed by atoms with Gasteiger partial charge in [0.05, 0.1) is 5.84 Å². The largest absolute Gasteiger partial charge is 0.387 e. The molecule has 1 unspecified atom stereocenters. The second-order valence-corrected chi connectivity index (χ2v) is 3.89. The molecule has 0 aromatic rings. The number of carbonyl (C=O) groups is 1. The number of nitrogens with zero attached hydrogens (tertiary/aromatic N) is 2. The van der Waals surface area contributed by atoms with Gasteiger partial charge in [-0.15, -0.1) is 0 Å². The molecule has 13 heavy (non-hydrogen) atoms. The smallest absolute Gasteiger partial charge is 0.247 e. The highest BCUT2D eigenvalue weighted by atomic mass is 16.2. The molecule has 0 spiro atoms. The topological polar surface area (TPSA) is 58.7 Å². The minimum absolute atomic E-state index is 0.114. The van der Waals surface area contributed by atoms with Crippen molar-refractivity contribution in [3.8, 4) is 0 Å². The Morgan fingerprint density at radius 2 is 2.23 bits per heavy atom. The van der Waals surface area contributed by atoms with Gasteiger partial charge in [-0.05, 0) is 19.3 Å². The Kier molecular flexibility index (Phi) is 1.98. The van der Waals surface area contributed by atoms with Crippen LogP contribution < -0.4 is 5.73 Å². The van der Waals surface area contributed by atoms with Crippen LogP contribution in [-0.2, 0) is 4.79 Å². The normalized spacial score (nSPS) is 29.9. The van der Waals surface area contributed by atoms with Gasteiger partial charge in [0.15, 0.2) is 0 Å². The summed E-state index contributed by atoms with van der Waals surface area (Å²) in [5, 5.41) is 0. The van der Waals surface area contributed by atoms with Crippen molar-refractivity contribution in [2.24, 2.45) is 16.6 Å². The summed E-state index contributed by atoms with van der Waals surface area (Å²) in [6.45, 7) is 0.810. The van der Waals surface area contributed by atoms with E-state index in [1.807, 2.05) is 7.05 Å². The number of amidine groups is 1. The molecule has 0 aromatic heterocycles. The molecule has 0 radical (unpaired) electrons. The highest BCUT2D eigenvalue weighted by Gasteiger charge is 2.31. The number of hydrogen-bond donors (Lipinski definition) is 1. The molecular formula is C9H15N3O. The van der Waals surface area contributed by atoms with Crippen LogP contribution in [0.1, 0.15) is 19.3 Å². The van der Waals surface area contributed by atoms with E-state index in [4.69, 9.17) is 5.73 Å². The predicted octanol–water partition coefficient (Wildman–Crippen LogP) is -0.0157. The molecule has 1 saturated heterocycles. The molecule has 2 N–H and O–H groups in total. The van der Waals surface area contributed by atoms with Gasteiger partial charge >= 0.3 is 0 Å². The second-order valence-electron chi connectivity index (χ2n) is 3.89. The van der Waals surface area contributed by atoms with Crippen LogP contribution >= 0.6 is 0 Å². The number of aliphatic imine (C=N–C) groups is 1. The molecule has 1 amide bonds. The Labute approximate surface area is 77.8 Å². The lowest BCUT2D eigenvalue weighted by Crippen LogP contribution is -2.27. The maximum absolute atomic E-state index is 11.4. The molecular weight excluding hydrogens is 166 g/mol. The molecule has 1 aliphatic heterocycles. The number of carbonyl (C=O) groups excluding carboxylic acids is 1. The molecule has 0 bridgehead atoms. The maximum Gasteiger partial charge on any atom is 0.247 e. The van der Waals surface area contributed by atoms with Crippen LogP contribution in [0.3, 0.4) is 0 Å². The summed E-state index contributed by atoms with van der Waals surface area (Å²) in [7, 11) is 1.81. The number of likely N-dealkylation sites (N-methyl/N-ethyl adjacent to an activating group) is 1. The number of amides is 1. The average molecular weight is 181 g/mol. The number of likely N-dealkylation sites (tertiary alicyclic amines) is 1. The molecule has 2 rings (SSSR count). The first-order valence-corrected chi connectivity index (χ1v) is 4.76. The van der Waals surface area contributed by atoms with Gasteiger partial charge in [-0.1, -0.05) is 0 Å². The lowest BCUT2D eigenvalue weighted by atomic mass is 10.2. The lowest BCUT2D eigenvalue weighted by molar-refractivity contribution is -0.127. The van der Waals surface area contributed by atoms with Crippen molar-refractivity contribution in [2.75, 3.05) is 13.6 Å². The third-order valence-corrected chi connectivity index (χ3v) is 2.70. The van der Waals surface area contributed by atoms with E-state index in [1.165, 1.54) is 0 Å². The molecule has 1 atom stereocenters. The van der Waals surface area contributed by atoms with Crippen molar-refractivity contribution in [1.82, 2.24) is 4.90 Å². The summed E-state index contributed by atoms with van der Waals surface area (Å²) in [6, 6.07) is -0.189. The van der Waals surface area contributed by atoms with Crippen molar-refractivity contribution in [2.45, 2.75) is 25.3 Å².